The molecule has 0 radical (unpaired) electrons. The molecule has 0 bridgehead atoms. The van der Waals surface area contributed by atoms with E-state index in [-0.39, 0.29) is 18.0 Å². The molecule has 2 rings (SSSR count). The summed E-state index contributed by atoms with van der Waals surface area (Å²) in [5.41, 5.74) is 1.71. The van der Waals surface area contributed by atoms with Crippen LogP contribution in [0.25, 0.3) is 12.2 Å². The van der Waals surface area contributed by atoms with Crippen LogP contribution < -0.4 is 9.47 Å². The zero-order valence-corrected chi connectivity index (χ0v) is 18.8. The summed E-state index contributed by atoms with van der Waals surface area (Å²) in [6, 6.07) is 14.7. The van der Waals surface area contributed by atoms with E-state index in [1.807, 2.05) is 48.5 Å². The van der Waals surface area contributed by atoms with Crippen molar-refractivity contribution in [3.05, 3.63) is 71.8 Å². The van der Waals surface area contributed by atoms with Gasteiger partial charge in [0.05, 0.1) is 19.6 Å². The molecule has 0 saturated heterocycles. The molecular formula is C25H26Cl2O4. The van der Waals surface area contributed by atoms with Crippen molar-refractivity contribution in [2.45, 2.75) is 19.3 Å². The number of hydrogen-bond acceptors (Lipinski definition) is 4. The highest BCUT2D eigenvalue weighted by Gasteiger charge is 2.04. The van der Waals surface area contributed by atoms with E-state index in [9.17, 15) is 9.59 Å². The van der Waals surface area contributed by atoms with Gasteiger partial charge in [0.2, 0.25) is 0 Å². The maximum Gasteiger partial charge on any atom is 0.163 e. The zero-order valence-electron chi connectivity index (χ0n) is 17.3. The molecule has 0 fully saturated rings. The third-order valence-corrected chi connectivity index (χ3v) is 4.66. The molecule has 0 saturated carbocycles. The average molecular weight is 461 g/mol. The van der Waals surface area contributed by atoms with Crippen LogP contribution in [0.2, 0.25) is 0 Å². The zero-order chi connectivity index (χ0) is 22.3. The first-order valence-corrected chi connectivity index (χ1v) is 11.2. The second-order valence-corrected chi connectivity index (χ2v) is 7.45. The summed E-state index contributed by atoms with van der Waals surface area (Å²) in [5, 5.41) is 0. The average Bonchev–Trinajstić information content (AvgIpc) is 2.78. The summed E-state index contributed by atoms with van der Waals surface area (Å²) < 4.78 is 11.1. The molecule has 0 N–H and O–H groups in total. The van der Waals surface area contributed by atoms with Crippen molar-refractivity contribution in [1.82, 2.24) is 0 Å². The number of rotatable bonds is 14. The van der Waals surface area contributed by atoms with Gasteiger partial charge in [-0.1, -0.05) is 36.4 Å². The maximum atomic E-state index is 12.0. The van der Waals surface area contributed by atoms with E-state index < -0.39 is 0 Å². The lowest BCUT2D eigenvalue weighted by atomic mass is 10.1. The Hall–Kier alpha value is -2.56. The lowest BCUT2D eigenvalue weighted by molar-refractivity contribution is -0.121. The minimum Gasteiger partial charge on any atom is -0.494 e. The van der Waals surface area contributed by atoms with Crippen molar-refractivity contribution in [3.8, 4) is 11.5 Å². The fourth-order valence-corrected chi connectivity index (χ4v) is 2.73. The molecule has 0 aromatic heterocycles. The summed E-state index contributed by atoms with van der Waals surface area (Å²) in [7, 11) is 0. The van der Waals surface area contributed by atoms with Crippen LogP contribution in [0.4, 0.5) is 0 Å². The van der Waals surface area contributed by atoms with E-state index in [1.165, 1.54) is 12.2 Å². The molecule has 0 amide bonds. The molecular weight excluding hydrogens is 435 g/mol. The third kappa shape index (κ3) is 10.3. The van der Waals surface area contributed by atoms with Crippen LogP contribution in [0.3, 0.4) is 0 Å². The number of hydrogen-bond donors (Lipinski definition) is 0. The minimum atomic E-state index is -0.250. The molecule has 6 heteroatoms. The number of ketones is 2. The Morgan fingerprint density at radius 3 is 1.42 bits per heavy atom. The van der Waals surface area contributed by atoms with Gasteiger partial charge < -0.3 is 9.47 Å². The fourth-order valence-electron chi connectivity index (χ4n) is 2.51. The van der Waals surface area contributed by atoms with Crippen LogP contribution in [0.1, 0.15) is 30.4 Å². The number of allylic oxidation sites excluding steroid dienone is 2. The van der Waals surface area contributed by atoms with Crippen molar-refractivity contribution in [3.63, 3.8) is 0 Å². The third-order valence-electron chi connectivity index (χ3n) is 4.13. The molecule has 0 atom stereocenters. The Labute approximate surface area is 193 Å². The van der Waals surface area contributed by atoms with Gasteiger partial charge in [-0.05, 0) is 60.4 Å². The van der Waals surface area contributed by atoms with E-state index >= 15 is 0 Å². The quantitative estimate of drug-likeness (QED) is 0.151. The van der Waals surface area contributed by atoms with Gasteiger partial charge >= 0.3 is 0 Å². The van der Waals surface area contributed by atoms with Crippen LogP contribution in [0.5, 0.6) is 11.5 Å². The van der Waals surface area contributed by atoms with Gasteiger partial charge in [0, 0.05) is 11.8 Å². The van der Waals surface area contributed by atoms with E-state index in [0.717, 1.165) is 35.5 Å². The van der Waals surface area contributed by atoms with Crippen molar-refractivity contribution in [2.75, 3.05) is 25.0 Å². The number of halogens is 2. The molecule has 0 unspecified atom stereocenters. The number of alkyl halides is 2. The van der Waals surface area contributed by atoms with Gasteiger partial charge in [-0.2, -0.15) is 0 Å². The van der Waals surface area contributed by atoms with Gasteiger partial charge in [0.1, 0.15) is 11.5 Å². The van der Waals surface area contributed by atoms with E-state index in [1.54, 1.807) is 12.2 Å². The molecule has 2 aromatic rings. The molecule has 0 aliphatic heterocycles. The highest BCUT2D eigenvalue weighted by Crippen LogP contribution is 2.15. The van der Waals surface area contributed by atoms with Crippen LogP contribution in [0.15, 0.2) is 60.7 Å². The normalized spacial score (nSPS) is 11.2. The largest absolute Gasteiger partial charge is 0.494 e. The summed E-state index contributed by atoms with van der Waals surface area (Å²) in [4.78, 5) is 24.1. The van der Waals surface area contributed by atoms with E-state index in [0.29, 0.717) is 25.0 Å². The Kier molecular flexibility index (Phi) is 11.5. The molecule has 164 valence electrons. The number of carbonyl (C=O) groups excluding carboxylic acids is 2. The number of ether oxygens (including phenoxy) is 2. The lowest BCUT2D eigenvalue weighted by Crippen LogP contribution is -2.02. The summed E-state index contributed by atoms with van der Waals surface area (Å²) in [6.45, 7) is 1.14. The first-order valence-electron chi connectivity index (χ1n) is 10.1. The first-order chi connectivity index (χ1) is 15.1. The number of carbonyl (C=O) groups is 2. The smallest absolute Gasteiger partial charge is 0.163 e. The van der Waals surface area contributed by atoms with Crippen molar-refractivity contribution < 1.29 is 19.1 Å². The molecule has 0 spiro atoms. The van der Waals surface area contributed by atoms with Gasteiger partial charge in [0.15, 0.2) is 11.6 Å². The Bertz CT molecular complexity index is 798. The molecule has 0 heterocycles. The topological polar surface area (TPSA) is 52.6 Å². The Balaban J connectivity index is 1.77. The predicted octanol–water partition coefficient (Wildman–Crippen LogP) is 5.96. The summed E-state index contributed by atoms with van der Waals surface area (Å²) in [5.74, 6) is 2.13. The summed E-state index contributed by atoms with van der Waals surface area (Å²) >= 11 is 11.2. The summed E-state index contributed by atoms with van der Waals surface area (Å²) in [6.07, 6.45) is 7.61. The van der Waals surface area contributed by atoms with Crippen molar-refractivity contribution >= 4 is 46.9 Å². The van der Waals surface area contributed by atoms with Crippen LogP contribution in [-0.4, -0.2) is 36.5 Å². The number of benzene rings is 2. The Morgan fingerprint density at radius 2 is 1.06 bits per heavy atom. The van der Waals surface area contributed by atoms with E-state index in [2.05, 4.69) is 0 Å². The van der Waals surface area contributed by atoms with Gasteiger partial charge in [-0.25, -0.2) is 0 Å². The maximum absolute atomic E-state index is 12.0. The second-order valence-electron chi connectivity index (χ2n) is 6.70. The molecule has 2 aromatic carbocycles. The van der Waals surface area contributed by atoms with Gasteiger partial charge in [-0.3, -0.25) is 9.59 Å². The first kappa shape index (κ1) is 24.7. The standard InChI is InChI=1S/C25H26Cl2O4/c26-15-1-17-30-24-11-5-20(6-12-24)3-9-22(28)19-23(29)10-4-21-7-13-25(14-8-21)31-18-2-16-27/h3-14H,1-2,15-19H2/b9-3+,10-4+. The van der Waals surface area contributed by atoms with E-state index in [4.69, 9.17) is 32.7 Å². The van der Waals surface area contributed by atoms with Gasteiger partial charge in [0.25, 0.3) is 0 Å². The fraction of sp³-hybridized carbons (Fsp3) is 0.280. The Morgan fingerprint density at radius 1 is 0.677 bits per heavy atom. The molecule has 0 aliphatic rings. The van der Waals surface area contributed by atoms with Gasteiger partial charge in [-0.15, -0.1) is 23.2 Å². The highest BCUT2D eigenvalue weighted by molar-refractivity contribution is 6.18. The SMILES string of the molecule is O=C(/C=C/c1ccc(OCCCCl)cc1)CC(=O)/C=C/c1ccc(OCCCCl)cc1. The highest BCUT2D eigenvalue weighted by atomic mass is 35.5. The van der Waals surface area contributed by atoms with Crippen molar-refractivity contribution in [1.29, 1.82) is 0 Å². The lowest BCUT2D eigenvalue weighted by Gasteiger charge is -2.04. The van der Waals surface area contributed by atoms with Crippen molar-refractivity contribution in [2.24, 2.45) is 0 Å². The van der Waals surface area contributed by atoms with Crippen LogP contribution in [-0.2, 0) is 9.59 Å². The minimum absolute atomic E-state index is 0.174. The predicted molar refractivity (Wildman–Crippen MR) is 127 cm³/mol. The molecule has 0 aliphatic carbocycles. The molecule has 4 nitrogen and oxygen atoms in total. The van der Waals surface area contributed by atoms with Crippen LogP contribution in [0, 0.1) is 0 Å². The monoisotopic (exact) mass is 460 g/mol. The van der Waals surface area contributed by atoms with Crippen LogP contribution >= 0.6 is 23.2 Å². The molecule has 31 heavy (non-hydrogen) atoms. The second kappa shape index (κ2) is 14.4.